The van der Waals surface area contributed by atoms with Crippen LogP contribution in [0.3, 0.4) is 0 Å². The molecule has 0 aromatic heterocycles. The number of hydrogen-bond acceptors (Lipinski definition) is 2. The summed E-state index contributed by atoms with van der Waals surface area (Å²) in [6.45, 7) is 9.33. The minimum Gasteiger partial charge on any atom is -0.391 e. The van der Waals surface area contributed by atoms with E-state index in [2.05, 4.69) is 25.7 Å². The Morgan fingerprint density at radius 2 is 1.56 bits per heavy atom. The Hall–Kier alpha value is -0.0800. The Bertz CT molecular complexity index is 211. The van der Waals surface area contributed by atoms with E-state index in [1.165, 1.54) is 32.4 Å². The monoisotopic (exact) mass is 225 g/mol. The summed E-state index contributed by atoms with van der Waals surface area (Å²) in [4.78, 5) is 2.56. The van der Waals surface area contributed by atoms with E-state index < -0.39 is 0 Å². The van der Waals surface area contributed by atoms with Crippen molar-refractivity contribution in [2.24, 2.45) is 17.8 Å². The molecule has 1 saturated heterocycles. The second kappa shape index (κ2) is 5.05. The lowest BCUT2D eigenvalue weighted by molar-refractivity contribution is -0.0353. The van der Waals surface area contributed by atoms with E-state index in [0.717, 1.165) is 12.3 Å². The van der Waals surface area contributed by atoms with E-state index in [1.54, 1.807) is 0 Å². The number of rotatable bonds is 1. The van der Waals surface area contributed by atoms with Gasteiger partial charge in [0.1, 0.15) is 0 Å². The first-order valence-electron chi connectivity index (χ1n) is 7.00. The molecule has 2 aliphatic rings. The lowest BCUT2D eigenvalue weighted by Crippen LogP contribution is -2.53. The molecule has 1 aliphatic carbocycles. The summed E-state index contributed by atoms with van der Waals surface area (Å²) in [6.07, 6.45) is 4.82. The van der Waals surface area contributed by atoms with Gasteiger partial charge in [-0.2, -0.15) is 0 Å². The molecule has 0 radical (unpaired) electrons. The van der Waals surface area contributed by atoms with Gasteiger partial charge in [-0.25, -0.2) is 0 Å². The minimum absolute atomic E-state index is 0.0906. The van der Waals surface area contributed by atoms with Crippen LogP contribution in [0.15, 0.2) is 0 Å². The van der Waals surface area contributed by atoms with Crippen molar-refractivity contribution in [1.82, 2.24) is 4.90 Å². The Balaban J connectivity index is 1.97. The van der Waals surface area contributed by atoms with Gasteiger partial charge >= 0.3 is 0 Å². The Morgan fingerprint density at radius 1 is 0.938 bits per heavy atom. The Labute approximate surface area is 100 Å². The zero-order valence-corrected chi connectivity index (χ0v) is 11.0. The summed E-state index contributed by atoms with van der Waals surface area (Å²) < 4.78 is 0. The first-order valence-corrected chi connectivity index (χ1v) is 7.00. The molecule has 0 amide bonds. The topological polar surface area (TPSA) is 23.5 Å². The van der Waals surface area contributed by atoms with Gasteiger partial charge in [-0.3, -0.25) is 4.90 Å². The van der Waals surface area contributed by atoms with E-state index in [4.69, 9.17) is 0 Å². The summed E-state index contributed by atoms with van der Waals surface area (Å²) in [5, 5.41) is 10.3. The molecule has 2 nitrogen and oxygen atoms in total. The van der Waals surface area contributed by atoms with Crippen molar-refractivity contribution in [3.8, 4) is 0 Å². The lowest BCUT2D eigenvalue weighted by Gasteiger charge is -2.46. The molecule has 2 rings (SSSR count). The predicted molar refractivity (Wildman–Crippen MR) is 67.3 cm³/mol. The fraction of sp³-hybridized carbons (Fsp3) is 1.00. The largest absolute Gasteiger partial charge is 0.391 e. The van der Waals surface area contributed by atoms with Crippen LogP contribution in [0, 0.1) is 17.8 Å². The van der Waals surface area contributed by atoms with Gasteiger partial charge in [-0.05, 0) is 56.5 Å². The fourth-order valence-corrected chi connectivity index (χ4v) is 3.73. The molecule has 0 spiro atoms. The molecule has 0 aromatic rings. The summed E-state index contributed by atoms with van der Waals surface area (Å²) >= 11 is 0. The van der Waals surface area contributed by atoms with Gasteiger partial charge in [-0.15, -0.1) is 0 Å². The molecular formula is C14H27NO. The molecule has 1 saturated carbocycles. The molecule has 2 heteroatoms. The van der Waals surface area contributed by atoms with Gasteiger partial charge < -0.3 is 5.11 Å². The first-order chi connectivity index (χ1) is 7.58. The van der Waals surface area contributed by atoms with Crippen molar-refractivity contribution in [2.45, 2.75) is 58.6 Å². The van der Waals surface area contributed by atoms with E-state index in [1.807, 2.05) is 0 Å². The smallest absolute Gasteiger partial charge is 0.0700 e. The van der Waals surface area contributed by atoms with Crippen LogP contribution < -0.4 is 0 Å². The van der Waals surface area contributed by atoms with Crippen molar-refractivity contribution in [3.05, 3.63) is 0 Å². The molecule has 4 atom stereocenters. The van der Waals surface area contributed by atoms with Crippen molar-refractivity contribution in [1.29, 1.82) is 0 Å². The normalized spacial score (nSPS) is 43.5. The molecule has 1 N–H and O–H groups in total. The number of aliphatic hydroxyl groups is 1. The molecule has 2 fully saturated rings. The Morgan fingerprint density at radius 3 is 2.12 bits per heavy atom. The average Bonchev–Trinajstić information content (AvgIpc) is 2.19. The second-order valence-corrected chi connectivity index (χ2v) is 6.33. The molecule has 16 heavy (non-hydrogen) atoms. The maximum Gasteiger partial charge on any atom is 0.0700 e. The molecule has 1 heterocycles. The van der Waals surface area contributed by atoms with E-state index in [-0.39, 0.29) is 6.10 Å². The van der Waals surface area contributed by atoms with Crippen LogP contribution >= 0.6 is 0 Å². The Kier molecular flexibility index (Phi) is 3.91. The molecular weight excluding hydrogens is 198 g/mol. The highest BCUT2D eigenvalue weighted by atomic mass is 16.3. The van der Waals surface area contributed by atoms with Crippen molar-refractivity contribution >= 4 is 0 Å². The van der Waals surface area contributed by atoms with Gasteiger partial charge in [0.2, 0.25) is 0 Å². The number of hydrogen-bond donors (Lipinski definition) is 1. The maximum absolute atomic E-state index is 10.3. The van der Waals surface area contributed by atoms with Gasteiger partial charge in [0.05, 0.1) is 6.10 Å². The van der Waals surface area contributed by atoms with Crippen molar-refractivity contribution < 1.29 is 5.11 Å². The molecule has 1 aliphatic heterocycles. The number of piperidine rings is 1. The SMILES string of the molecule is CC1CCN(C2C(C)CC(C)CC2O)CC1. The van der Waals surface area contributed by atoms with E-state index >= 15 is 0 Å². The third-order valence-corrected chi connectivity index (χ3v) is 4.64. The molecule has 4 unspecified atom stereocenters. The zero-order chi connectivity index (χ0) is 11.7. The summed E-state index contributed by atoms with van der Waals surface area (Å²) in [5.74, 6) is 2.24. The lowest BCUT2D eigenvalue weighted by atomic mass is 9.76. The van der Waals surface area contributed by atoms with Crippen LogP contribution in [-0.4, -0.2) is 35.2 Å². The number of likely N-dealkylation sites (tertiary alicyclic amines) is 1. The summed E-state index contributed by atoms with van der Waals surface area (Å²) in [7, 11) is 0. The van der Waals surface area contributed by atoms with Crippen molar-refractivity contribution in [2.75, 3.05) is 13.1 Å². The van der Waals surface area contributed by atoms with Crippen LogP contribution in [0.4, 0.5) is 0 Å². The minimum atomic E-state index is -0.0906. The average molecular weight is 225 g/mol. The fourth-order valence-electron chi connectivity index (χ4n) is 3.73. The van der Waals surface area contributed by atoms with Gasteiger partial charge in [0.25, 0.3) is 0 Å². The van der Waals surface area contributed by atoms with E-state index in [9.17, 15) is 5.11 Å². The van der Waals surface area contributed by atoms with Crippen LogP contribution in [0.1, 0.15) is 46.5 Å². The van der Waals surface area contributed by atoms with Crippen LogP contribution in [0.2, 0.25) is 0 Å². The zero-order valence-electron chi connectivity index (χ0n) is 11.0. The highest BCUT2D eigenvalue weighted by Crippen LogP contribution is 2.34. The highest BCUT2D eigenvalue weighted by molar-refractivity contribution is 4.91. The van der Waals surface area contributed by atoms with Crippen LogP contribution in [0.25, 0.3) is 0 Å². The van der Waals surface area contributed by atoms with Crippen LogP contribution in [0.5, 0.6) is 0 Å². The summed E-state index contributed by atoms with van der Waals surface area (Å²) in [5.41, 5.74) is 0. The van der Waals surface area contributed by atoms with Gasteiger partial charge in [-0.1, -0.05) is 20.8 Å². The van der Waals surface area contributed by atoms with Crippen molar-refractivity contribution in [3.63, 3.8) is 0 Å². The predicted octanol–water partition coefficient (Wildman–Crippen LogP) is 2.51. The maximum atomic E-state index is 10.3. The number of nitrogens with zero attached hydrogens (tertiary/aromatic N) is 1. The van der Waals surface area contributed by atoms with Gasteiger partial charge in [0, 0.05) is 6.04 Å². The molecule has 0 bridgehead atoms. The summed E-state index contributed by atoms with van der Waals surface area (Å²) in [6, 6.07) is 0.434. The third kappa shape index (κ3) is 2.60. The third-order valence-electron chi connectivity index (χ3n) is 4.64. The first kappa shape index (κ1) is 12.4. The standard InChI is InChI=1S/C14H27NO/c1-10-4-6-15(7-5-10)14-12(3)8-11(2)9-13(14)16/h10-14,16H,4-9H2,1-3H3. The highest BCUT2D eigenvalue weighted by Gasteiger charge is 2.37. The number of aliphatic hydroxyl groups excluding tert-OH is 1. The molecule has 0 aromatic carbocycles. The van der Waals surface area contributed by atoms with E-state index in [0.29, 0.717) is 17.9 Å². The van der Waals surface area contributed by atoms with Crippen LogP contribution in [-0.2, 0) is 0 Å². The molecule has 94 valence electrons. The quantitative estimate of drug-likeness (QED) is 0.741. The second-order valence-electron chi connectivity index (χ2n) is 6.33. The van der Waals surface area contributed by atoms with Gasteiger partial charge in [0.15, 0.2) is 0 Å².